The van der Waals surface area contributed by atoms with Gasteiger partial charge in [-0.25, -0.2) is 0 Å². The lowest BCUT2D eigenvalue weighted by Gasteiger charge is -2.17. The van der Waals surface area contributed by atoms with Gasteiger partial charge in [0.2, 0.25) is 0 Å². The van der Waals surface area contributed by atoms with Crippen molar-refractivity contribution in [3.05, 3.63) is 39.5 Å². The van der Waals surface area contributed by atoms with E-state index in [2.05, 4.69) is 26.3 Å². The maximum atomic E-state index is 6.23. The molecule has 2 aromatic heterocycles. The van der Waals surface area contributed by atoms with Crippen molar-refractivity contribution in [3.8, 4) is 0 Å². The standard InChI is InChI=1S/C12H15BrClN3O/c1-3-15-11(9-5-6-10(13)18-9)12-8(14)7-16-17(12)4-2/h5-7,11,15H,3-4H2,1-2H3. The predicted molar refractivity (Wildman–Crippen MR) is 74.8 cm³/mol. The van der Waals surface area contributed by atoms with E-state index in [0.717, 1.165) is 24.5 Å². The van der Waals surface area contributed by atoms with Crippen molar-refractivity contribution in [2.45, 2.75) is 26.4 Å². The highest BCUT2D eigenvalue weighted by molar-refractivity contribution is 9.10. The summed E-state index contributed by atoms with van der Waals surface area (Å²) >= 11 is 9.55. The molecule has 6 heteroatoms. The van der Waals surface area contributed by atoms with Crippen LogP contribution >= 0.6 is 27.5 Å². The highest BCUT2D eigenvalue weighted by Gasteiger charge is 2.23. The molecule has 2 aromatic rings. The van der Waals surface area contributed by atoms with Gasteiger partial charge in [-0.05, 0) is 41.5 Å². The van der Waals surface area contributed by atoms with E-state index in [1.165, 1.54) is 0 Å². The van der Waals surface area contributed by atoms with Crippen LogP contribution in [0.5, 0.6) is 0 Å². The van der Waals surface area contributed by atoms with Crippen LogP contribution in [0.1, 0.15) is 31.3 Å². The fourth-order valence-corrected chi connectivity index (χ4v) is 2.50. The van der Waals surface area contributed by atoms with E-state index >= 15 is 0 Å². The zero-order chi connectivity index (χ0) is 13.1. The minimum Gasteiger partial charge on any atom is -0.452 e. The monoisotopic (exact) mass is 331 g/mol. The first-order valence-electron chi connectivity index (χ1n) is 5.87. The summed E-state index contributed by atoms with van der Waals surface area (Å²) in [7, 11) is 0. The molecule has 98 valence electrons. The summed E-state index contributed by atoms with van der Waals surface area (Å²) in [4.78, 5) is 0. The number of nitrogens with zero attached hydrogens (tertiary/aromatic N) is 2. The van der Waals surface area contributed by atoms with Crippen LogP contribution < -0.4 is 5.32 Å². The van der Waals surface area contributed by atoms with Crippen LogP contribution in [0.2, 0.25) is 5.02 Å². The average molecular weight is 333 g/mol. The topological polar surface area (TPSA) is 43.0 Å². The number of nitrogens with one attached hydrogen (secondary N) is 1. The van der Waals surface area contributed by atoms with Crippen LogP contribution in [0.25, 0.3) is 0 Å². The van der Waals surface area contributed by atoms with Crippen LogP contribution in [-0.4, -0.2) is 16.3 Å². The third-order valence-corrected chi connectivity index (χ3v) is 3.41. The van der Waals surface area contributed by atoms with Crippen molar-refractivity contribution in [2.75, 3.05) is 6.54 Å². The second kappa shape index (κ2) is 5.91. The Kier molecular flexibility index (Phi) is 4.48. The minimum absolute atomic E-state index is 0.0868. The van der Waals surface area contributed by atoms with Crippen molar-refractivity contribution in [2.24, 2.45) is 0 Å². The van der Waals surface area contributed by atoms with E-state index in [1.807, 2.05) is 30.7 Å². The molecule has 1 N–H and O–H groups in total. The fourth-order valence-electron chi connectivity index (χ4n) is 1.93. The Labute approximate surface area is 119 Å². The van der Waals surface area contributed by atoms with Crippen molar-refractivity contribution in [1.82, 2.24) is 15.1 Å². The van der Waals surface area contributed by atoms with Crippen LogP contribution in [0.15, 0.2) is 27.4 Å². The summed E-state index contributed by atoms with van der Waals surface area (Å²) in [5.74, 6) is 0.820. The van der Waals surface area contributed by atoms with Crippen molar-refractivity contribution >= 4 is 27.5 Å². The molecule has 0 spiro atoms. The summed E-state index contributed by atoms with van der Waals surface area (Å²) in [6.45, 7) is 5.67. The quantitative estimate of drug-likeness (QED) is 0.909. The van der Waals surface area contributed by atoms with Gasteiger partial charge in [0.25, 0.3) is 0 Å². The molecule has 0 aromatic carbocycles. The number of rotatable bonds is 5. The second-order valence-corrected chi connectivity index (χ2v) is 5.01. The Morgan fingerprint density at radius 1 is 1.50 bits per heavy atom. The first-order chi connectivity index (χ1) is 8.67. The predicted octanol–water partition coefficient (Wildman–Crippen LogP) is 3.61. The van der Waals surface area contributed by atoms with Crippen LogP contribution in [-0.2, 0) is 6.54 Å². The molecule has 0 saturated carbocycles. The molecule has 0 aliphatic heterocycles. The largest absolute Gasteiger partial charge is 0.452 e. The van der Waals surface area contributed by atoms with Gasteiger partial charge >= 0.3 is 0 Å². The van der Waals surface area contributed by atoms with E-state index in [1.54, 1.807) is 6.20 Å². The lowest BCUT2D eigenvalue weighted by atomic mass is 10.1. The van der Waals surface area contributed by atoms with Gasteiger partial charge in [0.1, 0.15) is 11.8 Å². The highest BCUT2D eigenvalue weighted by Crippen LogP contribution is 2.30. The number of aryl methyl sites for hydroxylation is 1. The Morgan fingerprint density at radius 3 is 2.83 bits per heavy atom. The molecular formula is C12H15BrClN3O. The first-order valence-corrected chi connectivity index (χ1v) is 7.04. The SMILES string of the molecule is CCNC(c1ccc(Br)o1)c1c(Cl)cnn1CC. The lowest BCUT2D eigenvalue weighted by molar-refractivity contribution is 0.421. The van der Waals surface area contributed by atoms with Crippen LogP contribution in [0, 0.1) is 0 Å². The van der Waals surface area contributed by atoms with Gasteiger partial charge in [-0.1, -0.05) is 18.5 Å². The highest BCUT2D eigenvalue weighted by atomic mass is 79.9. The molecule has 0 saturated heterocycles. The number of hydrogen-bond acceptors (Lipinski definition) is 3. The average Bonchev–Trinajstić information content (AvgIpc) is 2.93. The first kappa shape index (κ1) is 13.6. The number of hydrogen-bond donors (Lipinski definition) is 1. The molecule has 2 rings (SSSR count). The summed E-state index contributed by atoms with van der Waals surface area (Å²) in [6, 6.07) is 3.72. The molecule has 1 atom stereocenters. The molecule has 0 radical (unpaired) electrons. The Morgan fingerprint density at radius 2 is 2.28 bits per heavy atom. The number of furan rings is 1. The molecular weight excluding hydrogens is 318 g/mol. The van der Waals surface area contributed by atoms with Crippen molar-refractivity contribution < 1.29 is 4.42 Å². The van der Waals surface area contributed by atoms with Gasteiger partial charge in [0.15, 0.2) is 4.67 Å². The van der Waals surface area contributed by atoms with Crippen LogP contribution in [0.4, 0.5) is 0 Å². The molecule has 0 bridgehead atoms. The minimum atomic E-state index is -0.0868. The molecule has 0 fully saturated rings. The summed E-state index contributed by atoms with van der Waals surface area (Å²) in [5.41, 5.74) is 0.933. The molecule has 0 amide bonds. The van der Waals surface area contributed by atoms with E-state index < -0.39 is 0 Å². The normalized spacial score (nSPS) is 12.9. The Bertz CT molecular complexity index is 523. The van der Waals surface area contributed by atoms with Gasteiger partial charge in [0.05, 0.1) is 16.9 Å². The van der Waals surface area contributed by atoms with Gasteiger partial charge in [0, 0.05) is 6.54 Å². The maximum Gasteiger partial charge on any atom is 0.169 e. The number of halogens is 2. The molecule has 1 unspecified atom stereocenters. The van der Waals surface area contributed by atoms with Gasteiger partial charge < -0.3 is 9.73 Å². The van der Waals surface area contributed by atoms with Crippen molar-refractivity contribution in [3.63, 3.8) is 0 Å². The van der Waals surface area contributed by atoms with Crippen LogP contribution in [0.3, 0.4) is 0 Å². The lowest BCUT2D eigenvalue weighted by Crippen LogP contribution is -2.24. The van der Waals surface area contributed by atoms with E-state index in [4.69, 9.17) is 16.0 Å². The third-order valence-electron chi connectivity index (χ3n) is 2.69. The van der Waals surface area contributed by atoms with E-state index in [9.17, 15) is 0 Å². The summed E-state index contributed by atoms with van der Waals surface area (Å²) < 4.78 is 8.22. The molecule has 0 aliphatic carbocycles. The molecule has 18 heavy (non-hydrogen) atoms. The smallest absolute Gasteiger partial charge is 0.169 e. The van der Waals surface area contributed by atoms with Crippen molar-refractivity contribution in [1.29, 1.82) is 0 Å². The second-order valence-electron chi connectivity index (χ2n) is 3.83. The zero-order valence-corrected chi connectivity index (χ0v) is 12.6. The Hall–Kier alpha value is -0.780. The van der Waals surface area contributed by atoms with Gasteiger partial charge in [-0.2, -0.15) is 5.10 Å². The maximum absolute atomic E-state index is 6.23. The van der Waals surface area contributed by atoms with Gasteiger partial charge in [-0.3, -0.25) is 4.68 Å². The summed E-state index contributed by atoms with van der Waals surface area (Å²) in [6.07, 6.45) is 1.67. The molecule has 4 nitrogen and oxygen atoms in total. The van der Waals surface area contributed by atoms with E-state index in [0.29, 0.717) is 9.69 Å². The number of aromatic nitrogens is 2. The van der Waals surface area contributed by atoms with Gasteiger partial charge in [-0.15, -0.1) is 0 Å². The summed E-state index contributed by atoms with van der Waals surface area (Å²) in [5, 5.41) is 8.28. The Balaban J connectivity index is 2.43. The zero-order valence-electron chi connectivity index (χ0n) is 10.3. The molecule has 0 aliphatic rings. The van der Waals surface area contributed by atoms with E-state index in [-0.39, 0.29) is 6.04 Å². The fraction of sp³-hybridized carbons (Fsp3) is 0.417. The third kappa shape index (κ3) is 2.63. The molecule has 2 heterocycles.